The van der Waals surface area contributed by atoms with Crippen LogP contribution >= 0.6 is 0 Å². The predicted octanol–water partition coefficient (Wildman–Crippen LogP) is 3.32. The SMILES string of the molecule is O=C(NCCC[C@H](NC(=O)c1cc2ccccc2o1)C(=O)O)OCc1ccccc1. The van der Waals surface area contributed by atoms with Gasteiger partial charge in [0.2, 0.25) is 0 Å². The Morgan fingerprint density at radius 1 is 1.03 bits per heavy atom. The van der Waals surface area contributed by atoms with Gasteiger partial charge in [-0.15, -0.1) is 0 Å². The highest BCUT2D eigenvalue weighted by atomic mass is 16.5. The van der Waals surface area contributed by atoms with E-state index >= 15 is 0 Å². The number of fused-ring (bicyclic) bond motifs is 1. The highest BCUT2D eigenvalue weighted by Crippen LogP contribution is 2.18. The summed E-state index contributed by atoms with van der Waals surface area (Å²) in [6.45, 7) is 0.371. The molecule has 0 spiro atoms. The summed E-state index contributed by atoms with van der Waals surface area (Å²) in [5.74, 6) is -1.72. The monoisotopic (exact) mass is 410 g/mol. The molecule has 3 rings (SSSR count). The zero-order chi connectivity index (χ0) is 21.3. The van der Waals surface area contributed by atoms with Gasteiger partial charge in [-0.2, -0.15) is 0 Å². The summed E-state index contributed by atoms with van der Waals surface area (Å²) in [4.78, 5) is 35.5. The molecule has 8 heteroatoms. The van der Waals surface area contributed by atoms with Gasteiger partial charge in [-0.25, -0.2) is 9.59 Å². The highest BCUT2D eigenvalue weighted by molar-refractivity contribution is 5.97. The number of carbonyl (C=O) groups excluding carboxylic acids is 2. The van der Waals surface area contributed by atoms with Gasteiger partial charge < -0.3 is 24.9 Å². The fourth-order valence-corrected chi connectivity index (χ4v) is 2.85. The van der Waals surface area contributed by atoms with Gasteiger partial charge in [-0.05, 0) is 30.5 Å². The first-order valence-corrected chi connectivity index (χ1v) is 9.50. The number of benzene rings is 2. The van der Waals surface area contributed by atoms with Crippen LogP contribution in [0.2, 0.25) is 0 Å². The van der Waals surface area contributed by atoms with E-state index in [-0.39, 0.29) is 25.3 Å². The second-order valence-electron chi connectivity index (χ2n) is 6.64. The molecule has 156 valence electrons. The van der Waals surface area contributed by atoms with Crippen molar-refractivity contribution in [2.75, 3.05) is 6.54 Å². The third-order valence-corrected chi connectivity index (χ3v) is 4.40. The summed E-state index contributed by atoms with van der Waals surface area (Å²) in [6, 6.07) is 16.8. The van der Waals surface area contributed by atoms with Gasteiger partial charge in [-0.1, -0.05) is 48.5 Å². The minimum absolute atomic E-state index is 0.0464. The summed E-state index contributed by atoms with van der Waals surface area (Å²) < 4.78 is 10.5. The molecular weight excluding hydrogens is 388 g/mol. The fraction of sp³-hybridized carbons (Fsp3) is 0.227. The van der Waals surface area contributed by atoms with Gasteiger partial charge >= 0.3 is 12.1 Å². The minimum atomic E-state index is -1.16. The van der Waals surface area contributed by atoms with E-state index in [2.05, 4.69) is 10.6 Å². The largest absolute Gasteiger partial charge is 0.480 e. The lowest BCUT2D eigenvalue weighted by molar-refractivity contribution is -0.139. The number of nitrogens with one attached hydrogen (secondary N) is 2. The fourth-order valence-electron chi connectivity index (χ4n) is 2.85. The maximum Gasteiger partial charge on any atom is 0.407 e. The number of hydrogen-bond acceptors (Lipinski definition) is 5. The molecule has 3 aromatic rings. The van der Waals surface area contributed by atoms with E-state index in [0.717, 1.165) is 10.9 Å². The third-order valence-electron chi connectivity index (χ3n) is 4.40. The van der Waals surface area contributed by atoms with Crippen LogP contribution < -0.4 is 10.6 Å². The minimum Gasteiger partial charge on any atom is -0.480 e. The summed E-state index contributed by atoms with van der Waals surface area (Å²) in [5.41, 5.74) is 1.42. The lowest BCUT2D eigenvalue weighted by Crippen LogP contribution is -2.41. The predicted molar refractivity (Wildman–Crippen MR) is 109 cm³/mol. The first kappa shape index (κ1) is 20.9. The second-order valence-corrected chi connectivity index (χ2v) is 6.64. The number of alkyl carbamates (subject to hydrolysis) is 1. The summed E-state index contributed by atoms with van der Waals surface area (Å²) >= 11 is 0. The van der Waals surface area contributed by atoms with Crippen molar-refractivity contribution < 1.29 is 28.6 Å². The van der Waals surface area contributed by atoms with Gasteiger partial charge in [-0.3, -0.25) is 4.79 Å². The molecule has 2 amide bonds. The molecule has 0 saturated carbocycles. The van der Waals surface area contributed by atoms with Crippen LogP contribution in [0.3, 0.4) is 0 Å². The van der Waals surface area contributed by atoms with E-state index < -0.39 is 24.0 Å². The molecule has 0 aliphatic carbocycles. The van der Waals surface area contributed by atoms with Crippen LogP contribution in [-0.2, 0) is 16.1 Å². The van der Waals surface area contributed by atoms with E-state index in [1.54, 1.807) is 24.3 Å². The standard InChI is InChI=1S/C22H22N2O6/c25-20(19-13-16-9-4-5-11-18(16)30-19)24-17(21(26)27)10-6-12-23-22(28)29-14-15-7-2-1-3-8-15/h1-5,7-9,11,13,17H,6,10,12,14H2,(H,23,28)(H,24,25)(H,26,27)/t17-/m0/s1. The molecule has 1 aromatic heterocycles. The first-order valence-electron chi connectivity index (χ1n) is 9.50. The van der Waals surface area contributed by atoms with Crippen molar-refractivity contribution in [3.8, 4) is 0 Å². The Kier molecular flexibility index (Phi) is 7.05. The van der Waals surface area contributed by atoms with Crippen molar-refractivity contribution in [3.63, 3.8) is 0 Å². The van der Waals surface area contributed by atoms with Crippen LogP contribution in [0, 0.1) is 0 Å². The Morgan fingerprint density at radius 3 is 2.50 bits per heavy atom. The number of rotatable bonds is 9. The van der Waals surface area contributed by atoms with Gasteiger partial charge in [0, 0.05) is 11.9 Å². The average molecular weight is 410 g/mol. The van der Waals surface area contributed by atoms with Gasteiger partial charge in [0.1, 0.15) is 18.2 Å². The number of furan rings is 1. The van der Waals surface area contributed by atoms with Crippen molar-refractivity contribution in [3.05, 3.63) is 72.0 Å². The quantitative estimate of drug-likeness (QED) is 0.466. The first-order chi connectivity index (χ1) is 14.5. The molecule has 1 heterocycles. The van der Waals surface area contributed by atoms with Crippen molar-refractivity contribution in [2.45, 2.75) is 25.5 Å². The van der Waals surface area contributed by atoms with E-state index in [1.165, 1.54) is 0 Å². The average Bonchev–Trinajstić information content (AvgIpc) is 3.19. The number of carboxylic acids is 1. The van der Waals surface area contributed by atoms with Gasteiger partial charge in [0.05, 0.1) is 0 Å². The molecular formula is C22H22N2O6. The van der Waals surface area contributed by atoms with Crippen molar-refractivity contribution in [1.82, 2.24) is 10.6 Å². The van der Waals surface area contributed by atoms with Crippen LogP contribution in [0.25, 0.3) is 11.0 Å². The summed E-state index contributed by atoms with van der Waals surface area (Å²) in [6.07, 6.45) is -0.102. The maximum absolute atomic E-state index is 12.3. The van der Waals surface area contributed by atoms with Crippen LogP contribution in [0.15, 0.2) is 65.1 Å². The van der Waals surface area contributed by atoms with Gasteiger partial charge in [0.25, 0.3) is 5.91 Å². The molecule has 0 unspecified atom stereocenters. The van der Waals surface area contributed by atoms with Crippen molar-refractivity contribution in [1.29, 1.82) is 0 Å². The topological polar surface area (TPSA) is 118 Å². The van der Waals surface area contributed by atoms with Crippen LogP contribution in [0.1, 0.15) is 29.0 Å². The molecule has 3 N–H and O–H groups in total. The number of para-hydroxylation sites is 1. The summed E-state index contributed by atoms with van der Waals surface area (Å²) in [7, 11) is 0. The maximum atomic E-state index is 12.3. The van der Waals surface area contributed by atoms with Crippen molar-refractivity contribution >= 4 is 28.9 Å². The second kappa shape index (κ2) is 10.1. The summed E-state index contributed by atoms with van der Waals surface area (Å²) in [5, 5.41) is 15.1. The molecule has 1 atom stereocenters. The van der Waals surface area contributed by atoms with E-state index in [9.17, 15) is 19.5 Å². The Labute approximate surface area is 172 Å². The molecule has 0 bridgehead atoms. The van der Waals surface area contributed by atoms with Crippen LogP contribution in [0.5, 0.6) is 0 Å². The van der Waals surface area contributed by atoms with Crippen molar-refractivity contribution in [2.24, 2.45) is 0 Å². The lowest BCUT2D eigenvalue weighted by Gasteiger charge is -2.14. The molecule has 8 nitrogen and oxygen atoms in total. The molecule has 30 heavy (non-hydrogen) atoms. The zero-order valence-corrected chi connectivity index (χ0v) is 16.2. The van der Waals surface area contributed by atoms with Gasteiger partial charge in [0.15, 0.2) is 5.76 Å². The Morgan fingerprint density at radius 2 is 1.77 bits per heavy atom. The van der Waals surface area contributed by atoms with E-state index in [0.29, 0.717) is 12.0 Å². The molecule has 2 aromatic carbocycles. The molecule has 0 aliphatic heterocycles. The Bertz CT molecular complexity index is 982. The Hall–Kier alpha value is -3.81. The number of hydrogen-bond donors (Lipinski definition) is 3. The number of ether oxygens (including phenoxy) is 1. The number of carboxylic acid groups (broad SMARTS) is 1. The normalized spacial score (nSPS) is 11.6. The molecule has 0 fully saturated rings. The number of aliphatic carboxylic acids is 1. The molecule has 0 radical (unpaired) electrons. The lowest BCUT2D eigenvalue weighted by atomic mass is 10.1. The van der Waals surface area contributed by atoms with Crippen LogP contribution in [-0.4, -0.2) is 35.7 Å². The number of carbonyl (C=O) groups is 3. The van der Waals surface area contributed by atoms with Crippen LogP contribution in [0.4, 0.5) is 4.79 Å². The third kappa shape index (κ3) is 5.84. The van der Waals surface area contributed by atoms with E-state index in [4.69, 9.17) is 9.15 Å². The molecule has 0 saturated heterocycles. The zero-order valence-electron chi connectivity index (χ0n) is 16.2. The highest BCUT2D eigenvalue weighted by Gasteiger charge is 2.22. The smallest absolute Gasteiger partial charge is 0.407 e. The van der Waals surface area contributed by atoms with E-state index in [1.807, 2.05) is 36.4 Å². The Balaban J connectivity index is 1.42. The molecule has 0 aliphatic rings. The number of amides is 2.